The van der Waals surface area contributed by atoms with Gasteiger partial charge in [-0.2, -0.15) is 0 Å². The van der Waals surface area contributed by atoms with Crippen molar-refractivity contribution in [2.24, 2.45) is 0 Å². The van der Waals surface area contributed by atoms with Crippen LogP contribution in [0.5, 0.6) is 0 Å². The lowest BCUT2D eigenvalue weighted by molar-refractivity contribution is -0.115. The van der Waals surface area contributed by atoms with E-state index in [2.05, 4.69) is 27.6 Å². The summed E-state index contributed by atoms with van der Waals surface area (Å²) >= 11 is 1.33. The number of nitrogens with one attached hydrogen (secondary N) is 2. The van der Waals surface area contributed by atoms with E-state index in [1.807, 2.05) is 0 Å². The van der Waals surface area contributed by atoms with E-state index in [4.69, 9.17) is 4.52 Å². The van der Waals surface area contributed by atoms with Crippen LogP contribution in [-0.2, 0) is 4.79 Å². The van der Waals surface area contributed by atoms with Crippen LogP contribution in [0.15, 0.2) is 20.5 Å². The molecule has 0 aliphatic heterocycles. The van der Waals surface area contributed by atoms with E-state index in [0.717, 1.165) is 25.7 Å². The molecule has 1 fully saturated rings. The van der Waals surface area contributed by atoms with E-state index in [1.165, 1.54) is 11.8 Å². The van der Waals surface area contributed by atoms with Crippen LogP contribution in [0.1, 0.15) is 50.8 Å². The Kier molecular flexibility index (Phi) is 5.08. The molecule has 0 spiro atoms. The summed E-state index contributed by atoms with van der Waals surface area (Å²) < 4.78 is 6.64. The highest BCUT2D eigenvalue weighted by atomic mass is 32.2. The summed E-state index contributed by atoms with van der Waals surface area (Å²) in [6.07, 6.45) is 4.58. The third-order valence-electron chi connectivity index (χ3n) is 3.82. The molecule has 1 aliphatic rings. The highest BCUT2D eigenvalue weighted by Crippen LogP contribution is 2.37. The number of aromatic nitrogens is 4. The molecule has 0 radical (unpaired) electrons. The van der Waals surface area contributed by atoms with Crippen LogP contribution in [0.25, 0.3) is 0 Å². The molecule has 0 unspecified atom stereocenters. The number of hydrogen-bond acceptors (Lipinski definition) is 6. The van der Waals surface area contributed by atoms with E-state index < -0.39 is 0 Å². The number of H-pyrrole nitrogens is 1. The fourth-order valence-electron chi connectivity index (χ4n) is 2.42. The van der Waals surface area contributed by atoms with Crippen molar-refractivity contribution in [3.05, 3.63) is 22.3 Å². The van der Waals surface area contributed by atoms with Crippen molar-refractivity contribution in [1.82, 2.24) is 19.9 Å². The van der Waals surface area contributed by atoms with Crippen LogP contribution in [0.4, 0.5) is 5.82 Å². The van der Waals surface area contributed by atoms with Gasteiger partial charge in [-0.15, -0.1) is 5.10 Å². The number of carbonyl (C=O) groups is 1. The number of amides is 1. The SMILES string of the molecule is CCCC[C@H](Sc1n[nH]c(=O)n1C1CC1)C(=O)Nc1cc(C)on1. The van der Waals surface area contributed by atoms with Crippen molar-refractivity contribution in [1.29, 1.82) is 0 Å². The first-order valence-corrected chi connectivity index (χ1v) is 9.04. The Bertz CT molecular complexity index is 761. The molecule has 1 saturated carbocycles. The molecule has 0 aromatic carbocycles. The predicted molar refractivity (Wildman–Crippen MR) is 90.2 cm³/mol. The van der Waals surface area contributed by atoms with Gasteiger partial charge in [0.1, 0.15) is 5.76 Å². The minimum Gasteiger partial charge on any atom is -0.360 e. The topological polar surface area (TPSA) is 106 Å². The molecule has 1 atom stereocenters. The first-order chi connectivity index (χ1) is 11.6. The maximum atomic E-state index is 12.6. The van der Waals surface area contributed by atoms with Crippen LogP contribution in [0.2, 0.25) is 0 Å². The summed E-state index contributed by atoms with van der Waals surface area (Å²) in [6, 6.07) is 1.89. The molecule has 1 amide bonds. The first-order valence-electron chi connectivity index (χ1n) is 8.16. The number of unbranched alkanes of at least 4 members (excludes halogenated alkanes) is 1. The molecule has 1 aliphatic carbocycles. The smallest absolute Gasteiger partial charge is 0.344 e. The zero-order valence-corrected chi connectivity index (χ0v) is 14.6. The third-order valence-corrected chi connectivity index (χ3v) is 5.06. The van der Waals surface area contributed by atoms with Gasteiger partial charge in [0.05, 0.1) is 5.25 Å². The molecule has 8 nitrogen and oxygen atoms in total. The summed E-state index contributed by atoms with van der Waals surface area (Å²) in [6.45, 7) is 3.85. The Labute approximate surface area is 143 Å². The number of aryl methyl sites for hydroxylation is 1. The molecule has 2 N–H and O–H groups in total. The number of anilines is 1. The molecular weight excluding hydrogens is 330 g/mol. The predicted octanol–water partition coefficient (Wildman–Crippen LogP) is 2.49. The standard InChI is InChI=1S/C15H21N5O3S/c1-3-4-5-11(13(21)16-12-8-9(2)23-19-12)24-15-18-17-14(22)20(15)10-6-7-10/h8,10-11H,3-7H2,1-2H3,(H,17,22)(H,16,19,21)/t11-/m0/s1. The van der Waals surface area contributed by atoms with Gasteiger partial charge in [-0.3, -0.25) is 9.36 Å². The number of nitrogens with zero attached hydrogens (tertiary/aromatic N) is 3. The molecule has 130 valence electrons. The lowest BCUT2D eigenvalue weighted by Crippen LogP contribution is -2.26. The van der Waals surface area contributed by atoms with Gasteiger partial charge in [-0.1, -0.05) is 36.7 Å². The molecule has 3 rings (SSSR count). The van der Waals surface area contributed by atoms with Crippen molar-refractivity contribution in [2.75, 3.05) is 5.32 Å². The fourth-order valence-corrected chi connectivity index (χ4v) is 3.57. The number of aromatic amines is 1. The molecule has 2 aromatic heterocycles. The second-order valence-electron chi connectivity index (χ2n) is 5.97. The van der Waals surface area contributed by atoms with Crippen molar-refractivity contribution >= 4 is 23.5 Å². The highest BCUT2D eigenvalue weighted by molar-refractivity contribution is 8.00. The maximum Gasteiger partial charge on any atom is 0.344 e. The first kappa shape index (κ1) is 16.8. The molecule has 2 aromatic rings. The number of thioether (sulfide) groups is 1. The summed E-state index contributed by atoms with van der Waals surface area (Å²) in [4.78, 5) is 24.5. The molecular formula is C15H21N5O3S. The second kappa shape index (κ2) is 7.25. The van der Waals surface area contributed by atoms with Crippen LogP contribution in [0.3, 0.4) is 0 Å². The van der Waals surface area contributed by atoms with Gasteiger partial charge >= 0.3 is 5.69 Å². The molecule has 2 heterocycles. The monoisotopic (exact) mass is 351 g/mol. The van der Waals surface area contributed by atoms with Gasteiger partial charge < -0.3 is 9.84 Å². The van der Waals surface area contributed by atoms with Crippen molar-refractivity contribution in [3.63, 3.8) is 0 Å². The van der Waals surface area contributed by atoms with Gasteiger partial charge in [-0.05, 0) is 26.2 Å². The van der Waals surface area contributed by atoms with Crippen LogP contribution < -0.4 is 11.0 Å². The Hall–Kier alpha value is -2.03. The lowest BCUT2D eigenvalue weighted by atomic mass is 10.2. The number of rotatable bonds is 8. The zero-order chi connectivity index (χ0) is 17.1. The molecule has 9 heteroatoms. The van der Waals surface area contributed by atoms with E-state index in [0.29, 0.717) is 23.2 Å². The quantitative estimate of drug-likeness (QED) is 0.708. The van der Waals surface area contributed by atoms with E-state index in [9.17, 15) is 9.59 Å². The van der Waals surface area contributed by atoms with Crippen molar-refractivity contribution in [3.8, 4) is 0 Å². The van der Waals surface area contributed by atoms with Gasteiger partial charge in [0.15, 0.2) is 11.0 Å². The van der Waals surface area contributed by atoms with Crippen molar-refractivity contribution < 1.29 is 9.32 Å². The summed E-state index contributed by atoms with van der Waals surface area (Å²) in [5, 5.41) is 13.4. The largest absolute Gasteiger partial charge is 0.360 e. The number of hydrogen-bond donors (Lipinski definition) is 2. The average Bonchev–Trinajstić information content (AvgIpc) is 3.21. The highest BCUT2D eigenvalue weighted by Gasteiger charge is 2.31. The van der Waals surface area contributed by atoms with E-state index in [-0.39, 0.29) is 22.9 Å². The third kappa shape index (κ3) is 3.89. The molecule has 0 saturated heterocycles. The Morgan fingerprint density at radius 2 is 2.38 bits per heavy atom. The minimum atomic E-state index is -0.338. The zero-order valence-electron chi connectivity index (χ0n) is 13.7. The lowest BCUT2D eigenvalue weighted by Gasteiger charge is -2.15. The number of carbonyl (C=O) groups excluding carboxylic acids is 1. The van der Waals surface area contributed by atoms with Crippen LogP contribution in [-0.4, -0.2) is 31.1 Å². The normalized spacial score (nSPS) is 15.4. The Morgan fingerprint density at radius 3 is 3.00 bits per heavy atom. The van der Waals surface area contributed by atoms with Gasteiger partial charge in [0.2, 0.25) is 5.91 Å². The van der Waals surface area contributed by atoms with Gasteiger partial charge in [-0.25, -0.2) is 9.89 Å². The van der Waals surface area contributed by atoms with Gasteiger partial charge in [0.25, 0.3) is 0 Å². The Morgan fingerprint density at radius 1 is 1.58 bits per heavy atom. The Balaban J connectivity index is 1.73. The second-order valence-corrected chi connectivity index (χ2v) is 7.14. The maximum absolute atomic E-state index is 12.6. The van der Waals surface area contributed by atoms with Crippen molar-refractivity contribution in [2.45, 2.75) is 62.4 Å². The summed E-state index contributed by atoms with van der Waals surface area (Å²) in [7, 11) is 0. The van der Waals surface area contributed by atoms with Gasteiger partial charge in [0, 0.05) is 12.1 Å². The fraction of sp³-hybridized carbons (Fsp3) is 0.600. The van der Waals surface area contributed by atoms with Crippen LogP contribution >= 0.6 is 11.8 Å². The average molecular weight is 351 g/mol. The van der Waals surface area contributed by atoms with Crippen LogP contribution in [0, 0.1) is 6.92 Å². The summed E-state index contributed by atoms with van der Waals surface area (Å²) in [5.41, 5.74) is -0.207. The molecule has 0 bridgehead atoms. The molecule has 24 heavy (non-hydrogen) atoms. The minimum absolute atomic E-state index is 0.153. The van der Waals surface area contributed by atoms with E-state index >= 15 is 0 Å². The van der Waals surface area contributed by atoms with E-state index in [1.54, 1.807) is 17.6 Å². The summed E-state index contributed by atoms with van der Waals surface area (Å²) in [5.74, 6) is 0.888.